The first-order chi connectivity index (χ1) is 12.4. The van der Waals surface area contributed by atoms with Gasteiger partial charge in [0.05, 0.1) is 6.61 Å². The van der Waals surface area contributed by atoms with Crippen molar-refractivity contribution in [3.05, 3.63) is 29.8 Å². The monoisotopic (exact) mass is 345 g/mol. The van der Waals surface area contributed by atoms with Gasteiger partial charge in [-0.25, -0.2) is 0 Å². The SMILES string of the molecule is CCCCCCCCCCCCOc1ccc(CN2CCCC2)cc1. The van der Waals surface area contributed by atoms with Crippen LogP contribution in [0.5, 0.6) is 5.75 Å². The van der Waals surface area contributed by atoms with Crippen LogP contribution in [0.4, 0.5) is 0 Å². The quantitative estimate of drug-likeness (QED) is 0.353. The van der Waals surface area contributed by atoms with Gasteiger partial charge in [-0.1, -0.05) is 76.8 Å². The molecule has 2 nitrogen and oxygen atoms in total. The van der Waals surface area contributed by atoms with Gasteiger partial charge < -0.3 is 4.74 Å². The smallest absolute Gasteiger partial charge is 0.119 e. The zero-order valence-electron chi connectivity index (χ0n) is 16.5. The Morgan fingerprint density at radius 3 is 1.92 bits per heavy atom. The van der Waals surface area contributed by atoms with E-state index in [0.717, 1.165) is 18.9 Å². The molecular formula is C23H39NO. The first kappa shape index (κ1) is 20.3. The van der Waals surface area contributed by atoms with Crippen LogP contribution in [0.15, 0.2) is 24.3 Å². The number of hydrogen-bond donors (Lipinski definition) is 0. The fourth-order valence-electron chi connectivity index (χ4n) is 3.67. The Morgan fingerprint density at radius 1 is 0.760 bits per heavy atom. The van der Waals surface area contributed by atoms with Crippen molar-refractivity contribution in [3.8, 4) is 5.75 Å². The number of likely N-dealkylation sites (tertiary alicyclic amines) is 1. The summed E-state index contributed by atoms with van der Waals surface area (Å²) in [4.78, 5) is 2.54. The van der Waals surface area contributed by atoms with Gasteiger partial charge in [-0.15, -0.1) is 0 Å². The van der Waals surface area contributed by atoms with Crippen LogP contribution >= 0.6 is 0 Å². The maximum Gasteiger partial charge on any atom is 0.119 e. The van der Waals surface area contributed by atoms with E-state index in [-0.39, 0.29) is 0 Å². The Morgan fingerprint density at radius 2 is 1.32 bits per heavy atom. The van der Waals surface area contributed by atoms with Crippen molar-refractivity contribution in [1.82, 2.24) is 4.90 Å². The number of benzene rings is 1. The van der Waals surface area contributed by atoms with E-state index in [9.17, 15) is 0 Å². The Balaban J connectivity index is 1.44. The summed E-state index contributed by atoms with van der Waals surface area (Å²) in [5.74, 6) is 1.03. The van der Waals surface area contributed by atoms with Gasteiger partial charge in [0.25, 0.3) is 0 Å². The minimum atomic E-state index is 0.863. The van der Waals surface area contributed by atoms with Crippen molar-refractivity contribution in [1.29, 1.82) is 0 Å². The highest BCUT2D eigenvalue weighted by atomic mass is 16.5. The van der Waals surface area contributed by atoms with E-state index in [4.69, 9.17) is 4.74 Å². The highest BCUT2D eigenvalue weighted by molar-refractivity contribution is 5.27. The predicted molar refractivity (Wildman–Crippen MR) is 108 cm³/mol. The summed E-state index contributed by atoms with van der Waals surface area (Å²) in [6.07, 6.45) is 16.5. The molecule has 2 heteroatoms. The van der Waals surface area contributed by atoms with E-state index < -0.39 is 0 Å². The summed E-state index contributed by atoms with van der Waals surface area (Å²) < 4.78 is 5.89. The summed E-state index contributed by atoms with van der Waals surface area (Å²) in [5.41, 5.74) is 1.41. The molecule has 0 aromatic heterocycles. The van der Waals surface area contributed by atoms with Gasteiger partial charge in [0.2, 0.25) is 0 Å². The molecule has 0 saturated carbocycles. The third kappa shape index (κ3) is 9.30. The van der Waals surface area contributed by atoms with Gasteiger partial charge in [0.15, 0.2) is 0 Å². The molecule has 0 unspecified atom stereocenters. The number of ether oxygens (including phenoxy) is 1. The molecule has 142 valence electrons. The van der Waals surface area contributed by atoms with Crippen LogP contribution in [0.1, 0.15) is 89.5 Å². The summed E-state index contributed by atoms with van der Waals surface area (Å²) in [6, 6.07) is 8.74. The van der Waals surface area contributed by atoms with Crippen LogP contribution in [0.25, 0.3) is 0 Å². The topological polar surface area (TPSA) is 12.5 Å². The second kappa shape index (κ2) is 13.2. The van der Waals surface area contributed by atoms with Crippen LogP contribution in [0.2, 0.25) is 0 Å². The maximum atomic E-state index is 5.89. The molecule has 25 heavy (non-hydrogen) atoms. The number of nitrogens with zero attached hydrogens (tertiary/aromatic N) is 1. The van der Waals surface area contributed by atoms with Crippen molar-refractivity contribution in [2.75, 3.05) is 19.7 Å². The molecule has 1 fully saturated rings. The molecule has 0 bridgehead atoms. The second-order valence-electron chi connectivity index (χ2n) is 7.66. The van der Waals surface area contributed by atoms with E-state index in [1.807, 2.05) is 0 Å². The number of rotatable bonds is 14. The molecule has 0 amide bonds. The number of unbranched alkanes of at least 4 members (excludes halogenated alkanes) is 9. The summed E-state index contributed by atoms with van der Waals surface area (Å²) in [7, 11) is 0. The highest BCUT2D eigenvalue weighted by Gasteiger charge is 2.11. The average molecular weight is 346 g/mol. The summed E-state index contributed by atoms with van der Waals surface area (Å²) >= 11 is 0. The van der Waals surface area contributed by atoms with Crippen molar-refractivity contribution in [2.24, 2.45) is 0 Å². The minimum absolute atomic E-state index is 0.863. The molecule has 0 atom stereocenters. The summed E-state index contributed by atoms with van der Waals surface area (Å²) in [6.45, 7) is 6.76. The van der Waals surface area contributed by atoms with Gasteiger partial charge in [0.1, 0.15) is 5.75 Å². The first-order valence-electron chi connectivity index (χ1n) is 10.8. The van der Waals surface area contributed by atoms with Crippen LogP contribution < -0.4 is 4.74 Å². The van der Waals surface area contributed by atoms with Crippen LogP contribution in [0.3, 0.4) is 0 Å². The van der Waals surface area contributed by atoms with Crippen molar-refractivity contribution in [3.63, 3.8) is 0 Å². The standard InChI is InChI=1S/C23H39NO/c1-2-3-4-5-6-7-8-9-10-13-20-25-23-16-14-22(15-17-23)21-24-18-11-12-19-24/h14-17H,2-13,18-21H2,1H3. The fourth-order valence-corrected chi connectivity index (χ4v) is 3.67. The van der Waals surface area contributed by atoms with Gasteiger partial charge >= 0.3 is 0 Å². The van der Waals surface area contributed by atoms with Gasteiger partial charge in [-0.2, -0.15) is 0 Å². The van der Waals surface area contributed by atoms with Crippen molar-refractivity contribution < 1.29 is 4.74 Å². The second-order valence-corrected chi connectivity index (χ2v) is 7.66. The molecule has 1 heterocycles. The molecular weight excluding hydrogens is 306 g/mol. The molecule has 1 aliphatic rings. The lowest BCUT2D eigenvalue weighted by Crippen LogP contribution is -2.18. The Bertz CT molecular complexity index is 422. The molecule has 0 aliphatic carbocycles. The zero-order chi connectivity index (χ0) is 17.6. The lowest BCUT2D eigenvalue weighted by Gasteiger charge is -2.14. The van der Waals surface area contributed by atoms with Crippen LogP contribution in [-0.4, -0.2) is 24.6 Å². The van der Waals surface area contributed by atoms with E-state index in [1.165, 1.54) is 95.7 Å². The molecule has 1 saturated heterocycles. The average Bonchev–Trinajstić information content (AvgIpc) is 3.14. The Labute approximate surface area is 156 Å². The molecule has 1 aromatic rings. The normalized spacial score (nSPS) is 14.9. The molecule has 0 N–H and O–H groups in total. The van der Waals surface area contributed by atoms with Gasteiger partial charge in [-0.3, -0.25) is 4.90 Å². The third-order valence-corrected chi connectivity index (χ3v) is 5.29. The number of hydrogen-bond acceptors (Lipinski definition) is 2. The maximum absolute atomic E-state index is 5.89. The van der Waals surface area contributed by atoms with Gasteiger partial charge in [-0.05, 0) is 50.0 Å². The van der Waals surface area contributed by atoms with Crippen LogP contribution in [-0.2, 0) is 6.54 Å². The molecule has 1 aliphatic heterocycles. The van der Waals surface area contributed by atoms with E-state index in [1.54, 1.807) is 0 Å². The molecule has 0 spiro atoms. The first-order valence-corrected chi connectivity index (χ1v) is 10.8. The lowest BCUT2D eigenvalue weighted by atomic mass is 10.1. The zero-order valence-corrected chi connectivity index (χ0v) is 16.5. The molecule has 0 radical (unpaired) electrons. The van der Waals surface area contributed by atoms with E-state index in [0.29, 0.717) is 0 Å². The van der Waals surface area contributed by atoms with Gasteiger partial charge in [0, 0.05) is 6.54 Å². The highest BCUT2D eigenvalue weighted by Crippen LogP contribution is 2.17. The Hall–Kier alpha value is -1.02. The largest absolute Gasteiger partial charge is 0.494 e. The van der Waals surface area contributed by atoms with Crippen LogP contribution in [0, 0.1) is 0 Å². The minimum Gasteiger partial charge on any atom is -0.494 e. The Kier molecular flexibility index (Phi) is 10.7. The predicted octanol–water partition coefficient (Wildman–Crippen LogP) is 6.58. The third-order valence-electron chi connectivity index (χ3n) is 5.29. The van der Waals surface area contributed by atoms with Crippen molar-refractivity contribution >= 4 is 0 Å². The fraction of sp³-hybridized carbons (Fsp3) is 0.739. The summed E-state index contributed by atoms with van der Waals surface area (Å²) in [5, 5.41) is 0. The molecule has 1 aromatic carbocycles. The van der Waals surface area contributed by atoms with E-state index in [2.05, 4.69) is 36.1 Å². The van der Waals surface area contributed by atoms with Crippen molar-refractivity contribution in [2.45, 2.75) is 90.5 Å². The molecule has 2 rings (SSSR count). The lowest BCUT2D eigenvalue weighted by molar-refractivity contribution is 0.303. The van der Waals surface area contributed by atoms with E-state index >= 15 is 0 Å².